The van der Waals surface area contributed by atoms with Gasteiger partial charge in [-0.2, -0.15) is 0 Å². The van der Waals surface area contributed by atoms with Crippen molar-refractivity contribution in [3.8, 4) is 0 Å². The van der Waals surface area contributed by atoms with E-state index in [0.717, 1.165) is 59.9 Å². The van der Waals surface area contributed by atoms with Crippen LogP contribution in [0.5, 0.6) is 0 Å². The molecule has 176 valence electrons. The van der Waals surface area contributed by atoms with Crippen molar-refractivity contribution < 1.29 is 9.53 Å². The summed E-state index contributed by atoms with van der Waals surface area (Å²) in [6.45, 7) is 20.5. The molecule has 0 radical (unpaired) electrons. The summed E-state index contributed by atoms with van der Waals surface area (Å²) in [6.07, 6.45) is 8.11. The molecule has 0 heterocycles. The first-order chi connectivity index (χ1) is 15.4. The lowest BCUT2D eigenvalue weighted by Gasteiger charge is -2.22. The molecule has 0 aliphatic carbocycles. The number of ether oxygens (including phenoxy) is 1. The van der Waals surface area contributed by atoms with Crippen LogP contribution in [0.2, 0.25) is 0 Å². The smallest absolute Gasteiger partial charge is 0.411 e. The van der Waals surface area contributed by atoms with Gasteiger partial charge in [0, 0.05) is 36.6 Å². The van der Waals surface area contributed by atoms with Crippen molar-refractivity contribution in [3.05, 3.63) is 60.3 Å². The van der Waals surface area contributed by atoms with Crippen LogP contribution in [0, 0.1) is 6.92 Å². The Hall–Kier alpha value is -2.82. The van der Waals surface area contributed by atoms with Crippen molar-refractivity contribution in [3.63, 3.8) is 0 Å². The SMILES string of the molecule is C=C/C=C(/N=C(C)CCOC(=O)Nc1ccc(N(CC)CC)cc1C)C(=C)CCCCC. The van der Waals surface area contributed by atoms with Crippen LogP contribution in [0.3, 0.4) is 0 Å². The van der Waals surface area contributed by atoms with Gasteiger partial charge in [-0.25, -0.2) is 4.79 Å². The molecule has 1 N–H and O–H groups in total. The summed E-state index contributed by atoms with van der Waals surface area (Å²) in [5.41, 5.74) is 5.67. The van der Waals surface area contributed by atoms with Gasteiger partial charge < -0.3 is 9.64 Å². The minimum absolute atomic E-state index is 0.265. The average molecular weight is 440 g/mol. The number of aliphatic imine (C=N–C) groups is 1. The number of benzene rings is 1. The number of carbonyl (C=O) groups is 1. The molecule has 5 heteroatoms. The first kappa shape index (κ1) is 27.2. The molecule has 0 aromatic heterocycles. The normalized spacial score (nSPS) is 11.8. The van der Waals surface area contributed by atoms with Gasteiger partial charge in [-0.15, -0.1) is 0 Å². The summed E-state index contributed by atoms with van der Waals surface area (Å²) in [7, 11) is 0. The number of nitrogens with zero attached hydrogens (tertiary/aromatic N) is 2. The molecular formula is C27H41N3O2. The van der Waals surface area contributed by atoms with Crippen LogP contribution in [0.1, 0.15) is 65.4 Å². The number of carbonyl (C=O) groups excluding carboxylic acids is 1. The Bertz CT molecular complexity index is 820. The summed E-state index contributed by atoms with van der Waals surface area (Å²) >= 11 is 0. The number of rotatable bonds is 14. The second kappa shape index (κ2) is 15.1. The van der Waals surface area contributed by atoms with Crippen LogP contribution in [0.15, 0.2) is 59.8 Å². The van der Waals surface area contributed by atoms with E-state index in [0.29, 0.717) is 6.42 Å². The van der Waals surface area contributed by atoms with Gasteiger partial charge in [0.15, 0.2) is 0 Å². The molecule has 1 amide bonds. The highest BCUT2D eigenvalue weighted by atomic mass is 16.5. The van der Waals surface area contributed by atoms with Gasteiger partial charge in [0.25, 0.3) is 0 Å². The zero-order valence-corrected chi connectivity index (χ0v) is 20.7. The van der Waals surface area contributed by atoms with E-state index in [1.165, 1.54) is 12.8 Å². The highest BCUT2D eigenvalue weighted by molar-refractivity contribution is 5.87. The van der Waals surface area contributed by atoms with Gasteiger partial charge in [0.05, 0.1) is 12.3 Å². The molecule has 1 rings (SSSR count). The lowest BCUT2D eigenvalue weighted by atomic mass is 10.1. The van der Waals surface area contributed by atoms with Gasteiger partial charge >= 0.3 is 6.09 Å². The van der Waals surface area contributed by atoms with Gasteiger partial charge in [0.1, 0.15) is 0 Å². The first-order valence-corrected chi connectivity index (χ1v) is 11.7. The van der Waals surface area contributed by atoms with E-state index < -0.39 is 6.09 Å². The van der Waals surface area contributed by atoms with Crippen molar-refractivity contribution in [1.29, 1.82) is 0 Å². The molecule has 1 aromatic carbocycles. The van der Waals surface area contributed by atoms with Gasteiger partial charge in [0.2, 0.25) is 0 Å². The third kappa shape index (κ3) is 9.54. The Morgan fingerprint density at radius 2 is 1.91 bits per heavy atom. The molecular weight excluding hydrogens is 398 g/mol. The van der Waals surface area contributed by atoms with Gasteiger partial charge in [-0.05, 0) is 75.9 Å². The number of hydrogen-bond acceptors (Lipinski definition) is 4. The van der Waals surface area contributed by atoms with Crippen LogP contribution in [-0.2, 0) is 4.74 Å². The van der Waals surface area contributed by atoms with Crippen LogP contribution >= 0.6 is 0 Å². The van der Waals surface area contributed by atoms with Crippen molar-refractivity contribution in [2.24, 2.45) is 4.99 Å². The molecule has 0 atom stereocenters. The fourth-order valence-corrected chi connectivity index (χ4v) is 3.33. The standard InChI is InChI=1S/C27H41N3O2/c1-8-12-13-15-21(5)25(14-9-2)28-23(7)18-19-32-27(31)29-26-17-16-24(20-22(26)6)30(10-3)11-4/h9,14,16-17,20H,2,5,8,10-13,15,18-19H2,1,3-4,6-7H3,(H,29,31)/b25-14+,28-23?. The van der Waals surface area contributed by atoms with E-state index in [9.17, 15) is 4.79 Å². The van der Waals surface area contributed by atoms with Crippen LogP contribution in [0.25, 0.3) is 0 Å². The fraction of sp³-hybridized carbons (Fsp3) is 0.481. The van der Waals surface area contributed by atoms with Gasteiger partial charge in [-0.3, -0.25) is 10.3 Å². The maximum absolute atomic E-state index is 12.2. The zero-order chi connectivity index (χ0) is 23.9. The maximum atomic E-state index is 12.2. The number of allylic oxidation sites excluding steroid dienone is 3. The lowest BCUT2D eigenvalue weighted by Crippen LogP contribution is -2.22. The number of hydrogen-bond donors (Lipinski definition) is 1. The summed E-state index contributed by atoms with van der Waals surface area (Å²) in [5, 5.41) is 2.84. The highest BCUT2D eigenvalue weighted by Gasteiger charge is 2.09. The molecule has 0 aliphatic rings. The Labute approximate surface area is 195 Å². The summed E-state index contributed by atoms with van der Waals surface area (Å²) in [4.78, 5) is 19.2. The second-order valence-corrected chi connectivity index (χ2v) is 7.88. The van der Waals surface area contributed by atoms with E-state index in [-0.39, 0.29) is 6.61 Å². The zero-order valence-electron chi connectivity index (χ0n) is 20.7. The number of unbranched alkanes of at least 4 members (excludes halogenated alkanes) is 2. The largest absolute Gasteiger partial charge is 0.449 e. The average Bonchev–Trinajstić information content (AvgIpc) is 2.76. The molecule has 32 heavy (non-hydrogen) atoms. The molecule has 0 fully saturated rings. The molecule has 5 nitrogen and oxygen atoms in total. The predicted molar refractivity (Wildman–Crippen MR) is 139 cm³/mol. The Balaban J connectivity index is 2.59. The van der Waals surface area contributed by atoms with Gasteiger partial charge in [-0.1, -0.05) is 39.0 Å². The van der Waals surface area contributed by atoms with Crippen molar-refractivity contribution >= 4 is 23.2 Å². The Morgan fingerprint density at radius 3 is 2.50 bits per heavy atom. The van der Waals surface area contributed by atoms with Crippen molar-refractivity contribution in [2.75, 3.05) is 29.9 Å². The third-order valence-corrected chi connectivity index (χ3v) is 5.30. The fourth-order valence-electron chi connectivity index (χ4n) is 3.33. The second-order valence-electron chi connectivity index (χ2n) is 7.88. The van der Waals surface area contributed by atoms with Crippen LogP contribution in [-0.4, -0.2) is 31.5 Å². The Morgan fingerprint density at radius 1 is 1.19 bits per heavy atom. The monoisotopic (exact) mass is 439 g/mol. The Kier molecular flexibility index (Phi) is 12.8. The summed E-state index contributed by atoms with van der Waals surface area (Å²) in [5.74, 6) is 0. The minimum Gasteiger partial charge on any atom is -0.449 e. The number of amides is 1. The van der Waals surface area contributed by atoms with Crippen molar-refractivity contribution in [1.82, 2.24) is 0 Å². The molecule has 0 saturated carbocycles. The highest BCUT2D eigenvalue weighted by Crippen LogP contribution is 2.23. The maximum Gasteiger partial charge on any atom is 0.411 e. The summed E-state index contributed by atoms with van der Waals surface area (Å²) in [6, 6.07) is 6.03. The van der Waals surface area contributed by atoms with E-state index in [4.69, 9.17) is 4.74 Å². The molecule has 0 saturated heterocycles. The molecule has 0 unspecified atom stereocenters. The lowest BCUT2D eigenvalue weighted by molar-refractivity contribution is 0.165. The van der Waals surface area contributed by atoms with Crippen LogP contribution in [0.4, 0.5) is 16.2 Å². The molecule has 0 aliphatic heterocycles. The predicted octanol–water partition coefficient (Wildman–Crippen LogP) is 7.45. The third-order valence-electron chi connectivity index (χ3n) is 5.30. The topological polar surface area (TPSA) is 53.9 Å². The van der Waals surface area contributed by atoms with Crippen molar-refractivity contribution in [2.45, 2.75) is 66.7 Å². The van der Waals surface area contributed by atoms with Crippen LogP contribution < -0.4 is 10.2 Å². The number of anilines is 2. The molecule has 1 aromatic rings. The van der Waals surface area contributed by atoms with E-state index in [1.54, 1.807) is 6.08 Å². The summed E-state index contributed by atoms with van der Waals surface area (Å²) < 4.78 is 5.37. The molecule has 0 bridgehead atoms. The minimum atomic E-state index is -0.456. The molecule has 0 spiro atoms. The first-order valence-electron chi connectivity index (χ1n) is 11.7. The van der Waals surface area contributed by atoms with E-state index >= 15 is 0 Å². The van der Waals surface area contributed by atoms with E-state index in [2.05, 4.69) is 55.2 Å². The van der Waals surface area contributed by atoms with E-state index in [1.807, 2.05) is 32.1 Å². The number of nitrogens with one attached hydrogen (secondary N) is 1. The number of aryl methyl sites for hydroxylation is 1. The quantitative estimate of drug-likeness (QED) is 0.186.